The normalized spacial score (nSPS) is 13.0. The van der Waals surface area contributed by atoms with Crippen molar-refractivity contribution in [2.24, 2.45) is 5.73 Å². The number of aromatic amines is 1. The van der Waals surface area contributed by atoms with Gasteiger partial charge in [0.1, 0.15) is 11.6 Å². The monoisotopic (exact) mass is 262 g/mol. The number of nitrogens with zero attached hydrogens (tertiary/aromatic N) is 2. The highest BCUT2D eigenvalue weighted by Gasteiger charge is 2.10. The fourth-order valence-corrected chi connectivity index (χ4v) is 1.61. The van der Waals surface area contributed by atoms with Crippen LogP contribution in [0.1, 0.15) is 12.6 Å². The van der Waals surface area contributed by atoms with Crippen molar-refractivity contribution in [1.29, 1.82) is 0 Å². The first-order valence-electron chi connectivity index (χ1n) is 5.51. The minimum Gasteiger partial charge on any atom is -0.396 e. The van der Waals surface area contributed by atoms with Crippen molar-refractivity contribution in [3.63, 3.8) is 0 Å². The Balaban J connectivity index is 2.45. The molecule has 2 aromatic heterocycles. The molecule has 4 nitrogen and oxygen atoms in total. The van der Waals surface area contributed by atoms with Crippen molar-refractivity contribution >= 4 is 16.6 Å². The number of halogens is 2. The van der Waals surface area contributed by atoms with Crippen LogP contribution in [-0.2, 0) is 0 Å². The Hall–Kier alpha value is -2.50. The van der Waals surface area contributed by atoms with Gasteiger partial charge in [0, 0.05) is 5.39 Å². The largest absolute Gasteiger partial charge is 0.396 e. The van der Waals surface area contributed by atoms with E-state index in [1.165, 1.54) is 25.1 Å². The van der Waals surface area contributed by atoms with Crippen molar-refractivity contribution in [1.82, 2.24) is 15.2 Å². The van der Waals surface area contributed by atoms with E-state index in [4.69, 9.17) is 5.73 Å². The van der Waals surface area contributed by atoms with Gasteiger partial charge in [-0.3, -0.25) is 5.10 Å². The third-order valence-corrected chi connectivity index (χ3v) is 2.56. The fraction of sp³-hybridized carbons (Fsp3) is 0.0769. The van der Waals surface area contributed by atoms with Gasteiger partial charge in [-0.2, -0.15) is 5.10 Å². The Bertz CT molecular complexity index is 698. The molecule has 0 spiro atoms. The van der Waals surface area contributed by atoms with E-state index in [0.29, 0.717) is 22.3 Å². The van der Waals surface area contributed by atoms with Crippen molar-refractivity contribution in [2.45, 2.75) is 6.92 Å². The van der Waals surface area contributed by atoms with Gasteiger partial charge in [0.2, 0.25) is 0 Å². The molecule has 2 heterocycles. The van der Waals surface area contributed by atoms with Gasteiger partial charge in [0.05, 0.1) is 17.6 Å². The third-order valence-electron chi connectivity index (χ3n) is 2.56. The van der Waals surface area contributed by atoms with Crippen LogP contribution in [0.5, 0.6) is 0 Å². The molecule has 19 heavy (non-hydrogen) atoms. The molecule has 98 valence electrons. The van der Waals surface area contributed by atoms with Crippen LogP contribution in [0.25, 0.3) is 16.6 Å². The Kier molecular flexibility index (Phi) is 3.41. The molecule has 0 fully saturated rings. The van der Waals surface area contributed by atoms with Crippen LogP contribution < -0.4 is 5.73 Å². The number of fused-ring (bicyclic) bond motifs is 1. The summed E-state index contributed by atoms with van der Waals surface area (Å²) in [6, 6.07) is 1.28. The van der Waals surface area contributed by atoms with Crippen LogP contribution in [0.4, 0.5) is 8.78 Å². The maximum atomic E-state index is 13.2. The lowest BCUT2D eigenvalue weighted by atomic mass is 10.1. The van der Waals surface area contributed by atoms with Crippen LogP contribution in [-0.4, -0.2) is 15.2 Å². The smallest absolute Gasteiger partial charge is 0.181 e. The topological polar surface area (TPSA) is 67.6 Å². The molecule has 0 bridgehead atoms. The van der Waals surface area contributed by atoms with E-state index in [2.05, 4.69) is 21.8 Å². The second-order valence-corrected chi connectivity index (χ2v) is 3.88. The molecule has 0 amide bonds. The second-order valence-electron chi connectivity index (χ2n) is 3.88. The fourth-order valence-electron chi connectivity index (χ4n) is 1.61. The zero-order chi connectivity index (χ0) is 14.0. The number of nitrogens with one attached hydrogen (secondary N) is 1. The summed E-state index contributed by atoms with van der Waals surface area (Å²) in [6.07, 6.45) is 3.66. The lowest BCUT2D eigenvalue weighted by Crippen LogP contribution is -1.98. The number of rotatable bonds is 3. The van der Waals surface area contributed by atoms with E-state index in [1.54, 1.807) is 0 Å². The van der Waals surface area contributed by atoms with Crippen molar-refractivity contribution < 1.29 is 8.78 Å². The summed E-state index contributed by atoms with van der Waals surface area (Å²) in [5, 5.41) is 7.06. The van der Waals surface area contributed by atoms with Gasteiger partial charge in [-0.05, 0) is 30.7 Å². The maximum absolute atomic E-state index is 13.2. The molecule has 2 rings (SSSR count). The number of pyridine rings is 1. The summed E-state index contributed by atoms with van der Waals surface area (Å²) < 4.78 is 26.4. The number of H-pyrrole nitrogens is 1. The second kappa shape index (κ2) is 5.01. The highest BCUT2D eigenvalue weighted by Crippen LogP contribution is 2.23. The Morgan fingerprint density at radius 3 is 2.95 bits per heavy atom. The summed E-state index contributed by atoms with van der Waals surface area (Å²) in [4.78, 5) is 3.82. The molecule has 6 heteroatoms. The summed E-state index contributed by atoms with van der Waals surface area (Å²) in [7, 11) is 0. The molecule has 0 aliphatic heterocycles. The van der Waals surface area contributed by atoms with E-state index in [-0.39, 0.29) is 5.70 Å². The Labute approximate surface area is 108 Å². The SMILES string of the molecule is C=C(/C=C(N)\C(F)=C/C)c1[nH]nc2ncc(F)cc12. The van der Waals surface area contributed by atoms with Gasteiger partial charge in [0.25, 0.3) is 0 Å². The first-order chi connectivity index (χ1) is 9.02. The van der Waals surface area contributed by atoms with Gasteiger partial charge < -0.3 is 5.73 Å². The number of allylic oxidation sites excluding steroid dienone is 4. The zero-order valence-electron chi connectivity index (χ0n) is 10.2. The Morgan fingerprint density at radius 2 is 2.26 bits per heavy atom. The van der Waals surface area contributed by atoms with E-state index >= 15 is 0 Å². The molecular formula is C13H12F2N4. The third kappa shape index (κ3) is 2.52. The molecule has 0 saturated carbocycles. The quantitative estimate of drug-likeness (QED) is 0.836. The summed E-state index contributed by atoms with van der Waals surface area (Å²) in [5.74, 6) is -1.03. The molecule has 0 atom stereocenters. The highest BCUT2D eigenvalue weighted by atomic mass is 19.1. The lowest BCUT2D eigenvalue weighted by molar-refractivity contribution is 0.624. The average Bonchev–Trinajstić information content (AvgIpc) is 2.80. The van der Waals surface area contributed by atoms with E-state index in [1.807, 2.05) is 0 Å². The van der Waals surface area contributed by atoms with Gasteiger partial charge in [-0.25, -0.2) is 13.8 Å². The van der Waals surface area contributed by atoms with E-state index in [0.717, 1.165) is 6.20 Å². The van der Waals surface area contributed by atoms with Crippen molar-refractivity contribution in [2.75, 3.05) is 0 Å². The van der Waals surface area contributed by atoms with Crippen molar-refractivity contribution in [3.05, 3.63) is 54.0 Å². The van der Waals surface area contributed by atoms with Crippen LogP contribution >= 0.6 is 0 Å². The number of hydrogen-bond donors (Lipinski definition) is 2. The van der Waals surface area contributed by atoms with Crippen LogP contribution in [0.3, 0.4) is 0 Å². The van der Waals surface area contributed by atoms with Crippen LogP contribution in [0.2, 0.25) is 0 Å². The predicted octanol–water partition coefficient (Wildman–Crippen LogP) is 2.83. The molecular weight excluding hydrogens is 250 g/mol. The van der Waals surface area contributed by atoms with E-state index < -0.39 is 11.6 Å². The summed E-state index contributed by atoms with van der Waals surface area (Å²) in [6.45, 7) is 5.29. The standard InChI is InChI=1S/C13H12F2N4/c1-3-10(15)11(16)4-7(2)12-9-5-8(14)6-17-13(9)19-18-12/h3-6H,2,16H2,1H3,(H,17,18,19)/b10-3+,11-4+. The minimum atomic E-state index is -0.547. The molecule has 0 aromatic carbocycles. The van der Waals surface area contributed by atoms with Gasteiger partial charge in [0.15, 0.2) is 5.65 Å². The minimum absolute atomic E-state index is 0.0559. The number of aromatic nitrogens is 3. The zero-order valence-corrected chi connectivity index (χ0v) is 10.2. The van der Waals surface area contributed by atoms with Gasteiger partial charge in [-0.15, -0.1) is 0 Å². The molecule has 2 aromatic rings. The Morgan fingerprint density at radius 1 is 1.53 bits per heavy atom. The lowest BCUT2D eigenvalue weighted by Gasteiger charge is -2.00. The molecule has 0 unspecified atom stereocenters. The first-order valence-corrected chi connectivity index (χ1v) is 5.51. The maximum Gasteiger partial charge on any atom is 0.181 e. The number of nitrogens with two attached hydrogens (primary N) is 1. The first kappa shape index (κ1) is 12.9. The van der Waals surface area contributed by atoms with Gasteiger partial charge in [-0.1, -0.05) is 6.58 Å². The van der Waals surface area contributed by atoms with Gasteiger partial charge >= 0.3 is 0 Å². The molecule has 3 N–H and O–H groups in total. The average molecular weight is 262 g/mol. The molecule has 0 aliphatic carbocycles. The number of hydrogen-bond acceptors (Lipinski definition) is 3. The summed E-state index contributed by atoms with van der Waals surface area (Å²) in [5.41, 5.74) is 6.69. The van der Waals surface area contributed by atoms with E-state index in [9.17, 15) is 8.78 Å². The predicted molar refractivity (Wildman–Crippen MR) is 70.0 cm³/mol. The molecule has 0 saturated heterocycles. The van der Waals surface area contributed by atoms with Crippen molar-refractivity contribution in [3.8, 4) is 0 Å². The summed E-state index contributed by atoms with van der Waals surface area (Å²) >= 11 is 0. The van der Waals surface area contributed by atoms with Crippen LogP contribution in [0, 0.1) is 5.82 Å². The molecule has 0 radical (unpaired) electrons. The highest BCUT2D eigenvalue weighted by molar-refractivity contribution is 5.90. The van der Waals surface area contributed by atoms with Crippen LogP contribution in [0.15, 0.2) is 42.5 Å². The molecule has 0 aliphatic rings.